The smallest absolute Gasteiger partial charge is 0.151 e. The number of benzene rings is 10. The lowest BCUT2D eigenvalue weighted by Gasteiger charge is -2.33. The Balaban J connectivity index is 1.21. The van der Waals surface area contributed by atoms with Gasteiger partial charge in [-0.25, -0.2) is 0 Å². The van der Waals surface area contributed by atoms with Crippen LogP contribution in [0.15, 0.2) is 206 Å². The molecule has 2 aliphatic rings. The standard InChI is InChI=1S/C54H34N2O2/c1-2-16-36(17-3-1)53-43-33-37(55-45-21-6-10-25-49(45)57-50-26-11-7-22-46(50)55)29-31-41(43)54(40-20-14-18-35-15-4-5-19-39(35)40)42-32-30-38(34-44(42)53)56-47-23-8-12-27-51(47)58-52-28-13-9-24-48(52)56/h1-34H. The molecular formula is C54H34N2O2. The van der Waals surface area contributed by atoms with E-state index in [4.69, 9.17) is 9.47 Å². The van der Waals surface area contributed by atoms with Crippen molar-refractivity contribution in [2.24, 2.45) is 0 Å². The average Bonchev–Trinajstić information content (AvgIpc) is 3.29. The molecule has 0 spiro atoms. The third-order valence-corrected chi connectivity index (χ3v) is 11.6. The largest absolute Gasteiger partial charge is 0.453 e. The highest BCUT2D eigenvalue weighted by Gasteiger charge is 2.29. The molecule has 10 aromatic carbocycles. The molecule has 10 aromatic rings. The summed E-state index contributed by atoms with van der Waals surface area (Å²) < 4.78 is 12.9. The molecule has 0 unspecified atom stereocenters. The molecule has 0 radical (unpaired) electrons. The average molecular weight is 743 g/mol. The second-order valence-corrected chi connectivity index (χ2v) is 14.8. The Labute approximate surface area is 336 Å². The Bertz CT molecular complexity index is 3010. The number of para-hydroxylation sites is 8. The lowest BCUT2D eigenvalue weighted by molar-refractivity contribution is 0.477. The van der Waals surface area contributed by atoms with E-state index in [-0.39, 0.29) is 0 Å². The van der Waals surface area contributed by atoms with Crippen LogP contribution < -0.4 is 19.3 Å². The summed E-state index contributed by atoms with van der Waals surface area (Å²) in [6.45, 7) is 0. The van der Waals surface area contributed by atoms with Gasteiger partial charge in [-0.15, -0.1) is 0 Å². The van der Waals surface area contributed by atoms with Gasteiger partial charge in [-0.05, 0) is 127 Å². The van der Waals surface area contributed by atoms with Crippen LogP contribution in [-0.2, 0) is 0 Å². The molecule has 4 heteroatoms. The van der Waals surface area contributed by atoms with Crippen molar-refractivity contribution in [2.45, 2.75) is 0 Å². The highest BCUT2D eigenvalue weighted by Crippen LogP contribution is 2.54. The number of hydrogen-bond acceptors (Lipinski definition) is 4. The summed E-state index contributed by atoms with van der Waals surface area (Å²) >= 11 is 0. The van der Waals surface area contributed by atoms with Gasteiger partial charge in [0.1, 0.15) is 0 Å². The van der Waals surface area contributed by atoms with E-state index < -0.39 is 0 Å². The van der Waals surface area contributed by atoms with Crippen molar-refractivity contribution in [1.29, 1.82) is 0 Å². The third kappa shape index (κ3) is 4.95. The fraction of sp³-hybridized carbons (Fsp3) is 0. The number of fused-ring (bicyclic) bond motifs is 7. The zero-order chi connectivity index (χ0) is 38.2. The molecule has 0 atom stereocenters. The van der Waals surface area contributed by atoms with Crippen LogP contribution in [0.1, 0.15) is 0 Å². The Morgan fingerprint density at radius 3 is 1.24 bits per heavy atom. The summed E-state index contributed by atoms with van der Waals surface area (Å²) in [6, 6.07) is 73.4. The van der Waals surface area contributed by atoms with Gasteiger partial charge >= 0.3 is 0 Å². The van der Waals surface area contributed by atoms with E-state index in [0.29, 0.717) is 0 Å². The van der Waals surface area contributed by atoms with Crippen molar-refractivity contribution < 1.29 is 9.47 Å². The lowest BCUT2D eigenvalue weighted by Crippen LogP contribution is -2.16. The Morgan fingerprint density at radius 2 is 0.724 bits per heavy atom. The van der Waals surface area contributed by atoms with E-state index in [2.05, 4.69) is 168 Å². The Morgan fingerprint density at radius 1 is 0.293 bits per heavy atom. The molecular weight excluding hydrogens is 709 g/mol. The molecule has 0 aromatic heterocycles. The second kappa shape index (κ2) is 12.9. The molecule has 0 aliphatic carbocycles. The minimum Gasteiger partial charge on any atom is -0.453 e. The SMILES string of the molecule is c1ccc(-c2c3cc(N4c5ccccc5Oc5ccccc54)ccc3c(-c3cccc4ccccc34)c3ccc(N4c5ccccc5Oc5ccccc54)cc23)cc1. The van der Waals surface area contributed by atoms with E-state index in [0.717, 1.165) is 62.7 Å². The van der Waals surface area contributed by atoms with Gasteiger partial charge in [0, 0.05) is 11.4 Å². The van der Waals surface area contributed by atoms with Crippen molar-refractivity contribution in [3.8, 4) is 45.3 Å². The topological polar surface area (TPSA) is 24.9 Å². The van der Waals surface area contributed by atoms with Gasteiger partial charge < -0.3 is 19.3 Å². The zero-order valence-electron chi connectivity index (χ0n) is 31.3. The normalized spacial score (nSPS) is 12.7. The second-order valence-electron chi connectivity index (χ2n) is 14.8. The number of nitrogens with zero attached hydrogens (tertiary/aromatic N) is 2. The van der Waals surface area contributed by atoms with Gasteiger partial charge in [-0.1, -0.05) is 133 Å². The van der Waals surface area contributed by atoms with Crippen LogP contribution in [0.4, 0.5) is 34.1 Å². The number of anilines is 6. The van der Waals surface area contributed by atoms with Gasteiger partial charge in [-0.3, -0.25) is 0 Å². The van der Waals surface area contributed by atoms with E-state index in [9.17, 15) is 0 Å². The van der Waals surface area contributed by atoms with Gasteiger partial charge in [0.2, 0.25) is 0 Å². The molecule has 4 nitrogen and oxygen atoms in total. The molecule has 0 bridgehead atoms. The monoisotopic (exact) mass is 742 g/mol. The Kier molecular flexibility index (Phi) is 7.20. The molecule has 0 saturated heterocycles. The van der Waals surface area contributed by atoms with Crippen LogP contribution in [0, 0.1) is 0 Å². The summed E-state index contributed by atoms with van der Waals surface area (Å²) in [5, 5.41) is 7.15. The number of rotatable bonds is 4. The minimum absolute atomic E-state index is 0.829. The highest BCUT2D eigenvalue weighted by atomic mass is 16.5. The summed E-state index contributed by atoms with van der Waals surface area (Å²) in [5.74, 6) is 3.32. The van der Waals surface area contributed by atoms with Crippen molar-refractivity contribution in [3.63, 3.8) is 0 Å². The predicted octanol–water partition coefficient (Wildman–Crippen LogP) is 15.6. The van der Waals surface area contributed by atoms with Crippen LogP contribution in [0.2, 0.25) is 0 Å². The van der Waals surface area contributed by atoms with Crippen molar-refractivity contribution in [1.82, 2.24) is 0 Å². The molecule has 0 amide bonds. The van der Waals surface area contributed by atoms with Gasteiger partial charge in [-0.2, -0.15) is 0 Å². The maximum Gasteiger partial charge on any atom is 0.151 e. The van der Waals surface area contributed by atoms with Crippen LogP contribution >= 0.6 is 0 Å². The molecule has 2 heterocycles. The molecule has 2 aliphatic heterocycles. The van der Waals surface area contributed by atoms with Crippen LogP contribution in [0.3, 0.4) is 0 Å². The van der Waals surface area contributed by atoms with Gasteiger partial charge in [0.15, 0.2) is 23.0 Å². The predicted molar refractivity (Wildman–Crippen MR) is 239 cm³/mol. The molecule has 0 saturated carbocycles. The maximum atomic E-state index is 6.45. The summed E-state index contributed by atoms with van der Waals surface area (Å²) in [6.07, 6.45) is 0. The number of ether oxygens (including phenoxy) is 2. The summed E-state index contributed by atoms with van der Waals surface area (Å²) in [7, 11) is 0. The highest BCUT2D eigenvalue weighted by molar-refractivity contribution is 6.24. The van der Waals surface area contributed by atoms with Crippen molar-refractivity contribution in [3.05, 3.63) is 206 Å². The first-order chi connectivity index (χ1) is 28.8. The minimum atomic E-state index is 0.829. The first-order valence-corrected chi connectivity index (χ1v) is 19.7. The summed E-state index contributed by atoms with van der Waals surface area (Å²) in [5.41, 5.74) is 10.9. The lowest BCUT2D eigenvalue weighted by atomic mass is 9.84. The quantitative estimate of drug-likeness (QED) is 0.168. The molecule has 58 heavy (non-hydrogen) atoms. The molecule has 0 fully saturated rings. The van der Waals surface area contributed by atoms with Gasteiger partial charge in [0.25, 0.3) is 0 Å². The summed E-state index contributed by atoms with van der Waals surface area (Å²) in [4.78, 5) is 4.67. The zero-order valence-corrected chi connectivity index (χ0v) is 31.3. The maximum absolute atomic E-state index is 6.45. The van der Waals surface area contributed by atoms with Crippen LogP contribution in [0.5, 0.6) is 23.0 Å². The van der Waals surface area contributed by atoms with Crippen molar-refractivity contribution >= 4 is 66.4 Å². The fourth-order valence-electron chi connectivity index (χ4n) is 9.10. The first-order valence-electron chi connectivity index (χ1n) is 19.7. The van der Waals surface area contributed by atoms with Crippen LogP contribution in [-0.4, -0.2) is 0 Å². The molecule has 12 rings (SSSR count). The van der Waals surface area contributed by atoms with E-state index in [1.54, 1.807) is 0 Å². The van der Waals surface area contributed by atoms with E-state index in [1.165, 1.54) is 49.0 Å². The molecule has 0 N–H and O–H groups in total. The molecule has 272 valence electrons. The fourth-order valence-corrected chi connectivity index (χ4v) is 9.10. The Hall–Kier alpha value is -7.82. The van der Waals surface area contributed by atoms with Crippen LogP contribution in [0.25, 0.3) is 54.6 Å². The van der Waals surface area contributed by atoms with E-state index in [1.807, 2.05) is 48.5 Å². The van der Waals surface area contributed by atoms with E-state index >= 15 is 0 Å². The van der Waals surface area contributed by atoms with Gasteiger partial charge in [0.05, 0.1) is 22.7 Å². The first kappa shape index (κ1) is 32.4. The van der Waals surface area contributed by atoms with Crippen molar-refractivity contribution in [2.75, 3.05) is 9.80 Å². The number of hydrogen-bond donors (Lipinski definition) is 0. The third-order valence-electron chi connectivity index (χ3n) is 11.6.